The standard InChI is InChI=1S/C15H20N4O2/c1-3-12-10-18(13(4-2)9-17-12)14-6-5-11(8-16)7-15(14)19(20)21/h5-7,12-13,17H,3-4,9-10H2,1-2H3. The Hall–Kier alpha value is -2.13. The number of nitro groups is 1. The maximum atomic E-state index is 11.3. The summed E-state index contributed by atoms with van der Waals surface area (Å²) in [4.78, 5) is 13.1. The first-order valence-corrected chi connectivity index (χ1v) is 7.29. The quantitative estimate of drug-likeness (QED) is 0.679. The lowest BCUT2D eigenvalue weighted by molar-refractivity contribution is -0.384. The Labute approximate surface area is 124 Å². The summed E-state index contributed by atoms with van der Waals surface area (Å²) < 4.78 is 0. The predicted octanol–water partition coefficient (Wildman–Crippen LogP) is 2.43. The van der Waals surface area contributed by atoms with Crippen LogP contribution in [0.1, 0.15) is 32.3 Å². The van der Waals surface area contributed by atoms with E-state index in [-0.39, 0.29) is 11.7 Å². The van der Waals surface area contributed by atoms with Crippen LogP contribution in [-0.4, -0.2) is 30.1 Å². The van der Waals surface area contributed by atoms with Gasteiger partial charge in [0.2, 0.25) is 0 Å². The first kappa shape index (κ1) is 15.3. The van der Waals surface area contributed by atoms with Crippen LogP contribution in [-0.2, 0) is 0 Å². The van der Waals surface area contributed by atoms with Crippen molar-refractivity contribution >= 4 is 11.4 Å². The fraction of sp³-hybridized carbons (Fsp3) is 0.533. The van der Waals surface area contributed by atoms with Gasteiger partial charge in [-0.2, -0.15) is 5.26 Å². The van der Waals surface area contributed by atoms with E-state index in [4.69, 9.17) is 5.26 Å². The van der Waals surface area contributed by atoms with Crippen molar-refractivity contribution in [2.75, 3.05) is 18.0 Å². The highest BCUT2D eigenvalue weighted by molar-refractivity contribution is 5.66. The molecular formula is C15H20N4O2. The molecule has 0 radical (unpaired) electrons. The minimum atomic E-state index is -0.397. The van der Waals surface area contributed by atoms with Gasteiger partial charge in [-0.05, 0) is 25.0 Å². The summed E-state index contributed by atoms with van der Waals surface area (Å²) in [6, 6.07) is 7.26. The summed E-state index contributed by atoms with van der Waals surface area (Å²) in [7, 11) is 0. The molecule has 1 fully saturated rings. The highest BCUT2D eigenvalue weighted by Gasteiger charge is 2.30. The average molecular weight is 288 g/mol. The minimum Gasteiger partial charge on any atom is -0.360 e. The number of hydrogen-bond acceptors (Lipinski definition) is 5. The zero-order valence-corrected chi connectivity index (χ0v) is 12.4. The zero-order chi connectivity index (χ0) is 15.4. The van der Waals surface area contributed by atoms with E-state index in [2.05, 4.69) is 24.1 Å². The monoisotopic (exact) mass is 288 g/mol. The number of nitriles is 1. The number of piperazine rings is 1. The SMILES string of the molecule is CCC1CN(c2ccc(C#N)cc2[N+](=O)[O-])C(CC)CN1. The Morgan fingerprint density at radius 3 is 2.81 bits per heavy atom. The molecular weight excluding hydrogens is 268 g/mol. The van der Waals surface area contributed by atoms with Gasteiger partial charge in [-0.1, -0.05) is 13.8 Å². The molecule has 6 nitrogen and oxygen atoms in total. The molecule has 6 heteroatoms. The van der Waals surface area contributed by atoms with Gasteiger partial charge in [0.25, 0.3) is 5.69 Å². The first-order chi connectivity index (χ1) is 10.1. The summed E-state index contributed by atoms with van der Waals surface area (Å²) >= 11 is 0. The third kappa shape index (κ3) is 3.14. The second-order valence-electron chi connectivity index (χ2n) is 5.30. The summed E-state index contributed by atoms with van der Waals surface area (Å²) in [6.45, 7) is 5.77. The van der Waals surface area contributed by atoms with Gasteiger partial charge in [0, 0.05) is 31.2 Å². The van der Waals surface area contributed by atoms with E-state index < -0.39 is 4.92 Å². The Morgan fingerprint density at radius 1 is 1.48 bits per heavy atom. The molecule has 0 amide bonds. The molecule has 2 atom stereocenters. The van der Waals surface area contributed by atoms with E-state index in [0.717, 1.165) is 25.9 Å². The minimum absolute atomic E-state index is 0.0178. The highest BCUT2D eigenvalue weighted by Crippen LogP contribution is 2.32. The van der Waals surface area contributed by atoms with Crippen LogP contribution in [0.25, 0.3) is 0 Å². The third-order valence-electron chi connectivity index (χ3n) is 4.07. The van der Waals surface area contributed by atoms with Gasteiger partial charge in [0.15, 0.2) is 0 Å². The van der Waals surface area contributed by atoms with Crippen LogP contribution in [0.2, 0.25) is 0 Å². The maximum absolute atomic E-state index is 11.3. The Bertz CT molecular complexity index is 567. The van der Waals surface area contributed by atoms with Gasteiger partial charge in [-0.3, -0.25) is 10.1 Å². The highest BCUT2D eigenvalue weighted by atomic mass is 16.6. The van der Waals surface area contributed by atoms with E-state index >= 15 is 0 Å². The second-order valence-corrected chi connectivity index (χ2v) is 5.30. The predicted molar refractivity (Wildman–Crippen MR) is 81.3 cm³/mol. The molecule has 0 spiro atoms. The van der Waals surface area contributed by atoms with E-state index in [1.54, 1.807) is 12.1 Å². The van der Waals surface area contributed by atoms with E-state index in [0.29, 0.717) is 17.3 Å². The fourth-order valence-electron chi connectivity index (χ4n) is 2.78. The molecule has 112 valence electrons. The Kier molecular flexibility index (Phi) is 4.76. The number of nitro benzene ring substituents is 1. The first-order valence-electron chi connectivity index (χ1n) is 7.29. The molecule has 1 aromatic carbocycles. The molecule has 1 heterocycles. The normalized spacial score (nSPS) is 21.9. The molecule has 1 aliphatic rings. The molecule has 2 rings (SSSR count). The number of anilines is 1. The smallest absolute Gasteiger partial charge is 0.293 e. The maximum Gasteiger partial charge on any atom is 0.293 e. The van der Waals surface area contributed by atoms with Crippen LogP contribution in [0.15, 0.2) is 18.2 Å². The van der Waals surface area contributed by atoms with Crippen LogP contribution in [0.3, 0.4) is 0 Å². The van der Waals surface area contributed by atoms with Gasteiger partial charge >= 0.3 is 0 Å². The summed E-state index contributed by atoms with van der Waals surface area (Å²) in [5.41, 5.74) is 0.954. The summed E-state index contributed by atoms with van der Waals surface area (Å²) in [5, 5.41) is 23.7. The largest absolute Gasteiger partial charge is 0.360 e. The van der Waals surface area contributed by atoms with Gasteiger partial charge < -0.3 is 10.2 Å². The lowest BCUT2D eigenvalue weighted by Gasteiger charge is -2.41. The molecule has 0 aromatic heterocycles. The molecule has 1 N–H and O–H groups in total. The number of nitrogens with one attached hydrogen (secondary N) is 1. The Morgan fingerprint density at radius 2 is 2.24 bits per heavy atom. The molecule has 1 aliphatic heterocycles. The average Bonchev–Trinajstić information content (AvgIpc) is 2.53. The molecule has 1 aromatic rings. The third-order valence-corrected chi connectivity index (χ3v) is 4.07. The van der Waals surface area contributed by atoms with Crippen molar-refractivity contribution in [1.82, 2.24) is 5.32 Å². The molecule has 0 bridgehead atoms. The van der Waals surface area contributed by atoms with E-state index in [1.807, 2.05) is 6.07 Å². The van der Waals surface area contributed by atoms with E-state index in [1.165, 1.54) is 6.07 Å². The summed E-state index contributed by atoms with van der Waals surface area (Å²) in [5.74, 6) is 0. The summed E-state index contributed by atoms with van der Waals surface area (Å²) in [6.07, 6.45) is 1.90. The lowest BCUT2D eigenvalue weighted by Crippen LogP contribution is -2.56. The number of benzene rings is 1. The van der Waals surface area contributed by atoms with Crippen LogP contribution >= 0.6 is 0 Å². The van der Waals surface area contributed by atoms with Crippen molar-refractivity contribution < 1.29 is 4.92 Å². The van der Waals surface area contributed by atoms with Gasteiger partial charge in [0.05, 0.1) is 16.6 Å². The van der Waals surface area contributed by atoms with Crippen molar-refractivity contribution in [1.29, 1.82) is 5.26 Å². The fourth-order valence-corrected chi connectivity index (χ4v) is 2.78. The Balaban J connectivity index is 2.42. The topological polar surface area (TPSA) is 82.2 Å². The van der Waals surface area contributed by atoms with Gasteiger partial charge in [-0.15, -0.1) is 0 Å². The number of nitrogens with zero attached hydrogens (tertiary/aromatic N) is 3. The van der Waals surface area contributed by atoms with Crippen LogP contribution in [0.5, 0.6) is 0 Å². The van der Waals surface area contributed by atoms with Crippen LogP contribution in [0.4, 0.5) is 11.4 Å². The molecule has 1 saturated heterocycles. The van der Waals surface area contributed by atoms with Crippen molar-refractivity contribution in [2.24, 2.45) is 0 Å². The van der Waals surface area contributed by atoms with Gasteiger partial charge in [0.1, 0.15) is 5.69 Å². The number of rotatable bonds is 4. The van der Waals surface area contributed by atoms with Crippen molar-refractivity contribution in [3.05, 3.63) is 33.9 Å². The van der Waals surface area contributed by atoms with Gasteiger partial charge in [-0.25, -0.2) is 0 Å². The number of hydrogen-bond donors (Lipinski definition) is 1. The van der Waals surface area contributed by atoms with Crippen LogP contribution < -0.4 is 10.2 Å². The molecule has 0 aliphatic carbocycles. The van der Waals surface area contributed by atoms with Crippen molar-refractivity contribution in [3.8, 4) is 6.07 Å². The molecule has 0 saturated carbocycles. The lowest BCUT2D eigenvalue weighted by atomic mass is 10.0. The van der Waals surface area contributed by atoms with Crippen molar-refractivity contribution in [2.45, 2.75) is 38.8 Å². The zero-order valence-electron chi connectivity index (χ0n) is 12.4. The van der Waals surface area contributed by atoms with E-state index in [9.17, 15) is 10.1 Å². The molecule has 2 unspecified atom stereocenters. The second kappa shape index (κ2) is 6.55. The molecule has 21 heavy (non-hydrogen) atoms. The van der Waals surface area contributed by atoms with Crippen molar-refractivity contribution in [3.63, 3.8) is 0 Å². The van der Waals surface area contributed by atoms with Crippen LogP contribution in [0, 0.1) is 21.4 Å².